The third-order valence-electron chi connectivity index (χ3n) is 5.52. The molecular formula is C24H30N6O3S. The number of anilines is 3. The Morgan fingerprint density at radius 3 is 2.41 bits per heavy atom. The fraction of sp³-hybridized carbons (Fsp3) is 0.375. The molecule has 1 fully saturated rings. The van der Waals surface area contributed by atoms with Gasteiger partial charge >= 0.3 is 0 Å². The molecule has 0 atom stereocenters. The van der Waals surface area contributed by atoms with Crippen LogP contribution in [-0.2, 0) is 0 Å². The molecule has 0 bridgehead atoms. The van der Waals surface area contributed by atoms with Gasteiger partial charge in [-0.25, -0.2) is 0 Å². The summed E-state index contributed by atoms with van der Waals surface area (Å²) >= 11 is 1.61. The number of hydrogen-bond donors (Lipinski definition) is 2. The van der Waals surface area contributed by atoms with Crippen molar-refractivity contribution in [2.45, 2.75) is 16.7 Å². The highest BCUT2D eigenvalue weighted by Gasteiger charge is 2.19. The number of β-amino-alcohol motifs (C(OH)–C–C–N with tert-alkyl or cyclic N) is 1. The number of methoxy groups -OCH3 is 2. The molecule has 0 saturated carbocycles. The van der Waals surface area contributed by atoms with Gasteiger partial charge in [0, 0.05) is 43.3 Å². The van der Waals surface area contributed by atoms with Gasteiger partial charge in [0.1, 0.15) is 17.3 Å². The second-order valence-corrected chi connectivity index (χ2v) is 8.94. The number of aryl methyl sites for hydroxylation is 1. The van der Waals surface area contributed by atoms with E-state index in [4.69, 9.17) is 14.6 Å². The highest BCUT2D eigenvalue weighted by atomic mass is 32.2. The smallest absolute Gasteiger partial charge is 0.232 e. The molecule has 9 nitrogen and oxygen atoms in total. The number of aliphatic hydroxyl groups is 1. The van der Waals surface area contributed by atoms with Crippen molar-refractivity contribution in [1.29, 1.82) is 0 Å². The lowest BCUT2D eigenvalue weighted by atomic mass is 10.3. The molecule has 3 aromatic rings. The number of aromatic nitrogens is 3. The van der Waals surface area contributed by atoms with Crippen molar-refractivity contribution in [2.24, 2.45) is 0 Å². The molecule has 1 saturated heterocycles. The van der Waals surface area contributed by atoms with Gasteiger partial charge in [-0.3, -0.25) is 4.90 Å². The Hall–Kier alpha value is -3.08. The molecule has 1 aliphatic heterocycles. The number of nitrogens with one attached hydrogen (secondary N) is 1. The SMILES string of the molecule is COc1ccc(OC)c(Sc2ccc(Nc3nc(C)nc(N4CCN(CCO)CC4)n3)cc2)c1. The Kier molecular flexibility index (Phi) is 8.04. The van der Waals surface area contributed by atoms with E-state index in [0.717, 1.165) is 53.2 Å². The molecule has 4 rings (SSSR count). The minimum absolute atomic E-state index is 0.184. The number of aliphatic hydroxyl groups excluding tert-OH is 1. The first-order valence-electron chi connectivity index (χ1n) is 11.2. The van der Waals surface area contributed by atoms with Crippen LogP contribution in [0, 0.1) is 6.92 Å². The van der Waals surface area contributed by atoms with E-state index >= 15 is 0 Å². The average Bonchev–Trinajstić information content (AvgIpc) is 2.85. The fourth-order valence-electron chi connectivity index (χ4n) is 3.70. The minimum Gasteiger partial charge on any atom is -0.497 e. The van der Waals surface area contributed by atoms with E-state index < -0.39 is 0 Å². The molecule has 1 aliphatic rings. The lowest BCUT2D eigenvalue weighted by Crippen LogP contribution is -2.47. The van der Waals surface area contributed by atoms with Gasteiger partial charge in [-0.2, -0.15) is 15.0 Å². The zero-order valence-corrected chi connectivity index (χ0v) is 20.5. The summed E-state index contributed by atoms with van der Waals surface area (Å²) in [5.41, 5.74) is 0.895. The molecule has 2 aromatic carbocycles. The molecule has 1 aromatic heterocycles. The Morgan fingerprint density at radius 2 is 1.74 bits per heavy atom. The molecule has 0 amide bonds. The van der Waals surface area contributed by atoms with Crippen molar-refractivity contribution in [3.05, 3.63) is 48.3 Å². The van der Waals surface area contributed by atoms with Crippen molar-refractivity contribution in [2.75, 3.05) is 63.8 Å². The quantitative estimate of drug-likeness (QED) is 0.473. The Bertz CT molecular complexity index is 1090. The predicted molar refractivity (Wildman–Crippen MR) is 134 cm³/mol. The van der Waals surface area contributed by atoms with Crippen LogP contribution in [0.25, 0.3) is 0 Å². The van der Waals surface area contributed by atoms with Gasteiger partial charge in [0.2, 0.25) is 11.9 Å². The normalized spacial score (nSPS) is 14.2. The molecule has 0 radical (unpaired) electrons. The van der Waals surface area contributed by atoms with Crippen molar-refractivity contribution in [1.82, 2.24) is 19.9 Å². The van der Waals surface area contributed by atoms with E-state index in [1.807, 2.05) is 49.4 Å². The lowest BCUT2D eigenvalue weighted by molar-refractivity contribution is 0.188. The lowest BCUT2D eigenvalue weighted by Gasteiger charge is -2.34. The maximum absolute atomic E-state index is 9.14. The zero-order valence-electron chi connectivity index (χ0n) is 19.7. The second-order valence-electron chi connectivity index (χ2n) is 7.83. The first-order valence-corrected chi connectivity index (χ1v) is 12.0. The summed E-state index contributed by atoms with van der Waals surface area (Å²) in [6, 6.07) is 13.8. The Balaban J connectivity index is 1.43. The van der Waals surface area contributed by atoms with Crippen molar-refractivity contribution in [3.63, 3.8) is 0 Å². The van der Waals surface area contributed by atoms with E-state index in [2.05, 4.69) is 30.1 Å². The van der Waals surface area contributed by atoms with Gasteiger partial charge in [0.05, 0.1) is 25.7 Å². The number of hydrogen-bond acceptors (Lipinski definition) is 10. The van der Waals surface area contributed by atoms with Crippen molar-refractivity contribution >= 4 is 29.3 Å². The molecule has 2 heterocycles. The van der Waals surface area contributed by atoms with Gasteiger partial charge in [-0.1, -0.05) is 11.8 Å². The molecule has 0 unspecified atom stereocenters. The van der Waals surface area contributed by atoms with Crippen LogP contribution in [0.3, 0.4) is 0 Å². The summed E-state index contributed by atoms with van der Waals surface area (Å²) in [5, 5.41) is 12.4. The third kappa shape index (κ3) is 6.07. The number of rotatable bonds is 9. The summed E-state index contributed by atoms with van der Waals surface area (Å²) in [4.78, 5) is 20.1. The molecular weight excluding hydrogens is 452 g/mol. The van der Waals surface area contributed by atoms with Crippen LogP contribution >= 0.6 is 11.8 Å². The van der Waals surface area contributed by atoms with Crippen LogP contribution in [0.1, 0.15) is 5.82 Å². The molecule has 0 spiro atoms. The highest BCUT2D eigenvalue weighted by Crippen LogP contribution is 2.37. The van der Waals surface area contributed by atoms with Crippen LogP contribution in [0.5, 0.6) is 11.5 Å². The number of nitrogens with zero attached hydrogens (tertiary/aromatic N) is 5. The summed E-state index contributed by atoms with van der Waals surface area (Å²) in [5.74, 6) is 3.46. The van der Waals surface area contributed by atoms with E-state index in [0.29, 0.717) is 24.3 Å². The first kappa shape index (κ1) is 24.1. The summed E-state index contributed by atoms with van der Waals surface area (Å²) < 4.78 is 10.8. The van der Waals surface area contributed by atoms with Gasteiger partial charge in [0.25, 0.3) is 0 Å². The molecule has 180 valence electrons. The Labute approximate surface area is 204 Å². The monoisotopic (exact) mass is 482 g/mol. The first-order chi connectivity index (χ1) is 16.6. The van der Waals surface area contributed by atoms with Crippen LogP contribution < -0.4 is 19.7 Å². The summed E-state index contributed by atoms with van der Waals surface area (Å²) in [7, 11) is 3.32. The maximum Gasteiger partial charge on any atom is 0.232 e. The van der Waals surface area contributed by atoms with E-state index in [9.17, 15) is 0 Å². The minimum atomic E-state index is 0.184. The Morgan fingerprint density at radius 1 is 0.971 bits per heavy atom. The fourth-order valence-corrected chi connectivity index (χ4v) is 4.66. The number of benzene rings is 2. The van der Waals surface area contributed by atoms with E-state index in [1.54, 1.807) is 26.0 Å². The van der Waals surface area contributed by atoms with Gasteiger partial charge in [0.15, 0.2) is 0 Å². The second kappa shape index (κ2) is 11.4. The topological polar surface area (TPSA) is 95.9 Å². The molecule has 0 aliphatic carbocycles. The van der Waals surface area contributed by atoms with Crippen LogP contribution in [-0.4, -0.2) is 78.5 Å². The van der Waals surface area contributed by atoms with Crippen LogP contribution in [0.2, 0.25) is 0 Å². The number of ether oxygens (including phenoxy) is 2. The summed E-state index contributed by atoms with van der Waals surface area (Å²) in [6.07, 6.45) is 0. The molecule has 2 N–H and O–H groups in total. The predicted octanol–water partition coefficient (Wildman–Crippen LogP) is 3.21. The summed E-state index contributed by atoms with van der Waals surface area (Å²) in [6.45, 7) is 6.17. The van der Waals surface area contributed by atoms with Crippen LogP contribution in [0.4, 0.5) is 17.6 Å². The maximum atomic E-state index is 9.14. The molecule has 34 heavy (non-hydrogen) atoms. The van der Waals surface area contributed by atoms with Gasteiger partial charge in [-0.05, 0) is 49.4 Å². The largest absolute Gasteiger partial charge is 0.497 e. The third-order valence-corrected chi connectivity index (χ3v) is 6.56. The average molecular weight is 483 g/mol. The van der Waals surface area contributed by atoms with Gasteiger partial charge in [-0.15, -0.1) is 0 Å². The zero-order chi connectivity index (χ0) is 23.9. The standard InChI is InChI=1S/C24H30N6O3S/c1-17-25-23(28-24(26-17)30-12-10-29(11-13-30)14-15-31)27-18-4-7-20(8-5-18)34-22-16-19(32-2)6-9-21(22)33-3/h4-9,16,31H,10-15H2,1-3H3,(H,25,26,27,28). The number of piperazine rings is 1. The van der Waals surface area contributed by atoms with E-state index in [1.165, 1.54) is 0 Å². The van der Waals surface area contributed by atoms with Gasteiger partial charge < -0.3 is 24.8 Å². The van der Waals surface area contributed by atoms with E-state index in [-0.39, 0.29) is 6.61 Å². The highest BCUT2D eigenvalue weighted by molar-refractivity contribution is 7.99. The van der Waals surface area contributed by atoms with Crippen molar-refractivity contribution < 1.29 is 14.6 Å². The van der Waals surface area contributed by atoms with Crippen LogP contribution in [0.15, 0.2) is 52.3 Å². The molecule has 10 heteroatoms. The van der Waals surface area contributed by atoms with Crippen molar-refractivity contribution in [3.8, 4) is 11.5 Å².